The Morgan fingerprint density at radius 2 is 1.79 bits per heavy atom. The maximum Gasteiger partial charge on any atom is 0.472 e. The van der Waals surface area contributed by atoms with Gasteiger partial charge in [-0.1, -0.05) is 9.97 Å². The first-order chi connectivity index (χ1) is 8.87. The summed E-state index contributed by atoms with van der Waals surface area (Å²) in [6.07, 6.45) is 0. The third-order valence-corrected chi connectivity index (χ3v) is 2.65. The SMILES string of the molecule is Nc1nc(N2CCOCC2)nc(N)[n+]1OS(=O)(=O)O. The zero-order valence-corrected chi connectivity index (χ0v) is 10.6. The first kappa shape index (κ1) is 13.5. The number of anilines is 3. The van der Waals surface area contributed by atoms with E-state index in [-0.39, 0.29) is 17.8 Å². The number of hydrogen-bond acceptors (Lipinski definition) is 9. The maximum atomic E-state index is 10.6. The van der Waals surface area contributed by atoms with Crippen LogP contribution >= 0.6 is 0 Å². The van der Waals surface area contributed by atoms with Crippen LogP contribution in [0.4, 0.5) is 17.8 Å². The Balaban J connectivity index is 2.30. The zero-order valence-electron chi connectivity index (χ0n) is 9.76. The van der Waals surface area contributed by atoms with Gasteiger partial charge in [0.2, 0.25) is 0 Å². The molecule has 2 heterocycles. The second-order valence-electron chi connectivity index (χ2n) is 3.64. The van der Waals surface area contributed by atoms with Crippen LogP contribution in [0.25, 0.3) is 0 Å². The zero-order chi connectivity index (χ0) is 14.0. The number of nitrogens with zero attached hydrogens (tertiary/aromatic N) is 4. The van der Waals surface area contributed by atoms with Crippen LogP contribution in [0.3, 0.4) is 0 Å². The van der Waals surface area contributed by atoms with Gasteiger partial charge < -0.3 is 21.1 Å². The molecule has 1 aromatic rings. The van der Waals surface area contributed by atoms with Crippen LogP contribution in [0.1, 0.15) is 0 Å². The van der Waals surface area contributed by atoms with E-state index in [0.29, 0.717) is 31.0 Å². The van der Waals surface area contributed by atoms with Gasteiger partial charge in [-0.2, -0.15) is 8.42 Å². The number of hydrogen-bond donors (Lipinski definition) is 3. The van der Waals surface area contributed by atoms with Crippen LogP contribution in [-0.4, -0.2) is 49.2 Å². The van der Waals surface area contributed by atoms with Crippen LogP contribution in [0.2, 0.25) is 0 Å². The van der Waals surface area contributed by atoms with Gasteiger partial charge in [-0.25, -0.2) is 4.28 Å². The molecule has 11 nitrogen and oxygen atoms in total. The quantitative estimate of drug-likeness (QED) is 0.387. The highest BCUT2D eigenvalue weighted by Crippen LogP contribution is 2.10. The molecule has 0 bridgehead atoms. The highest BCUT2D eigenvalue weighted by atomic mass is 32.3. The Morgan fingerprint density at radius 1 is 1.26 bits per heavy atom. The van der Waals surface area contributed by atoms with Crippen molar-refractivity contribution in [2.75, 3.05) is 42.7 Å². The van der Waals surface area contributed by atoms with Crippen molar-refractivity contribution in [3.8, 4) is 0 Å². The number of nitrogens with two attached hydrogens (primary N) is 2. The van der Waals surface area contributed by atoms with Gasteiger partial charge in [0, 0.05) is 13.1 Å². The van der Waals surface area contributed by atoms with Crippen molar-refractivity contribution >= 4 is 28.2 Å². The minimum absolute atomic E-state index is 0.230. The number of ether oxygens (including phenoxy) is 1. The van der Waals surface area contributed by atoms with Crippen molar-refractivity contribution in [2.45, 2.75) is 0 Å². The molecule has 12 heteroatoms. The van der Waals surface area contributed by atoms with E-state index in [4.69, 9.17) is 20.8 Å². The summed E-state index contributed by atoms with van der Waals surface area (Å²) in [6.45, 7) is 2.14. The first-order valence-corrected chi connectivity index (χ1v) is 6.58. The second-order valence-corrected chi connectivity index (χ2v) is 4.64. The van der Waals surface area contributed by atoms with E-state index in [9.17, 15) is 8.42 Å². The topological polar surface area (TPSA) is 158 Å². The second kappa shape index (κ2) is 4.99. The summed E-state index contributed by atoms with van der Waals surface area (Å²) in [5.74, 6) is -0.480. The average molecular weight is 293 g/mol. The predicted molar refractivity (Wildman–Crippen MR) is 62.2 cm³/mol. The number of nitrogen functional groups attached to an aromatic ring is 2. The fraction of sp³-hybridized carbons (Fsp3) is 0.571. The lowest BCUT2D eigenvalue weighted by atomic mass is 10.4. The summed E-state index contributed by atoms with van der Waals surface area (Å²) in [6, 6.07) is 0. The number of morpholine rings is 1. The number of rotatable bonds is 3. The molecule has 0 saturated carbocycles. The van der Waals surface area contributed by atoms with Crippen molar-refractivity contribution < 1.29 is 26.7 Å². The molecule has 1 aliphatic rings. The average Bonchev–Trinajstić information content (AvgIpc) is 2.33. The van der Waals surface area contributed by atoms with E-state index in [2.05, 4.69) is 14.3 Å². The molecule has 1 fully saturated rings. The molecule has 5 N–H and O–H groups in total. The third-order valence-electron chi connectivity index (χ3n) is 2.31. The Kier molecular flexibility index (Phi) is 3.55. The lowest BCUT2D eigenvalue weighted by Crippen LogP contribution is -2.52. The summed E-state index contributed by atoms with van der Waals surface area (Å²) < 4.78 is 39.5. The Hall–Kier alpha value is -1.92. The van der Waals surface area contributed by atoms with Gasteiger partial charge in [0.05, 0.1) is 13.2 Å². The van der Waals surface area contributed by atoms with Crippen LogP contribution in [-0.2, 0) is 15.1 Å². The molecule has 1 aliphatic heterocycles. The summed E-state index contributed by atoms with van der Waals surface area (Å²) in [5, 5.41) is 0. The molecule has 0 radical (unpaired) electrons. The van der Waals surface area contributed by atoms with E-state index in [1.807, 2.05) is 0 Å². The molecule has 1 saturated heterocycles. The molecule has 0 atom stereocenters. The van der Waals surface area contributed by atoms with Gasteiger partial charge in [0.15, 0.2) is 0 Å². The summed E-state index contributed by atoms with van der Waals surface area (Å²) in [4.78, 5) is 9.49. The smallest absolute Gasteiger partial charge is 0.378 e. The van der Waals surface area contributed by atoms with Gasteiger partial charge in [0.25, 0.3) is 0 Å². The number of aromatic nitrogens is 3. The van der Waals surface area contributed by atoms with Gasteiger partial charge in [-0.3, -0.25) is 4.55 Å². The van der Waals surface area contributed by atoms with E-state index in [1.165, 1.54) is 0 Å². The third kappa shape index (κ3) is 3.30. The van der Waals surface area contributed by atoms with Crippen LogP contribution in [0.15, 0.2) is 0 Å². The van der Waals surface area contributed by atoms with Crippen LogP contribution in [0.5, 0.6) is 0 Å². The largest absolute Gasteiger partial charge is 0.472 e. The lowest BCUT2D eigenvalue weighted by Gasteiger charge is -2.24. The monoisotopic (exact) mass is 293 g/mol. The summed E-state index contributed by atoms with van der Waals surface area (Å²) in [7, 11) is -4.77. The van der Waals surface area contributed by atoms with E-state index < -0.39 is 10.4 Å². The highest BCUT2D eigenvalue weighted by Gasteiger charge is 2.25. The molecule has 0 aliphatic carbocycles. The van der Waals surface area contributed by atoms with Crippen molar-refractivity contribution in [1.82, 2.24) is 9.97 Å². The summed E-state index contributed by atoms with van der Waals surface area (Å²) in [5.41, 5.74) is 11.0. The minimum Gasteiger partial charge on any atom is -0.378 e. The Bertz CT molecular complexity index is 548. The minimum atomic E-state index is -4.77. The molecule has 0 spiro atoms. The standard InChI is InChI=1S/C7H12N6O5S/c8-5-10-7(12-1-3-17-4-2-12)11-6(9)13(5)18-19(14,15)16/h1-4H2,(H4,8,9,10,11,14,15,16)/p+1. The van der Waals surface area contributed by atoms with E-state index >= 15 is 0 Å². The van der Waals surface area contributed by atoms with Crippen molar-refractivity contribution in [3.05, 3.63) is 0 Å². The van der Waals surface area contributed by atoms with Crippen LogP contribution in [0, 0.1) is 0 Å². The fourth-order valence-electron chi connectivity index (χ4n) is 1.51. The van der Waals surface area contributed by atoms with Gasteiger partial charge in [-0.15, -0.1) is 0 Å². The van der Waals surface area contributed by atoms with Gasteiger partial charge in [0.1, 0.15) is 0 Å². The van der Waals surface area contributed by atoms with Crippen molar-refractivity contribution in [3.63, 3.8) is 0 Å². The normalized spacial score (nSPS) is 16.4. The molecule has 0 amide bonds. The molecule has 19 heavy (non-hydrogen) atoms. The molecule has 2 rings (SSSR count). The van der Waals surface area contributed by atoms with E-state index in [1.54, 1.807) is 4.90 Å². The van der Waals surface area contributed by atoms with E-state index in [0.717, 1.165) is 0 Å². The van der Waals surface area contributed by atoms with Crippen molar-refractivity contribution in [1.29, 1.82) is 0 Å². The van der Waals surface area contributed by atoms with Crippen LogP contribution < -0.4 is 25.4 Å². The fourth-order valence-corrected chi connectivity index (χ4v) is 1.85. The molecule has 0 aromatic carbocycles. The highest BCUT2D eigenvalue weighted by molar-refractivity contribution is 7.80. The Morgan fingerprint density at radius 3 is 2.26 bits per heavy atom. The predicted octanol–water partition coefficient (Wildman–Crippen LogP) is -3.00. The molecule has 1 aromatic heterocycles. The molecule has 106 valence electrons. The Labute approximate surface area is 108 Å². The molecule has 0 unspecified atom stereocenters. The maximum absolute atomic E-state index is 10.6. The van der Waals surface area contributed by atoms with Crippen molar-refractivity contribution in [2.24, 2.45) is 0 Å². The van der Waals surface area contributed by atoms with Gasteiger partial charge >= 0.3 is 28.2 Å². The lowest BCUT2D eigenvalue weighted by molar-refractivity contribution is -0.836. The molecular formula is C7H13N6O5S+. The summed E-state index contributed by atoms with van der Waals surface area (Å²) >= 11 is 0. The first-order valence-electron chi connectivity index (χ1n) is 5.22. The van der Waals surface area contributed by atoms with Gasteiger partial charge in [-0.05, 0) is 4.73 Å². The molecular weight excluding hydrogens is 280 g/mol.